The fourth-order valence-electron chi connectivity index (χ4n) is 3.37. The number of fused-ring (bicyclic) bond motifs is 1. The number of aromatic amines is 1. The Morgan fingerprint density at radius 2 is 2.04 bits per heavy atom. The van der Waals surface area contributed by atoms with E-state index in [1.807, 2.05) is 25.1 Å². The van der Waals surface area contributed by atoms with Gasteiger partial charge in [0.2, 0.25) is 5.91 Å². The molecule has 5 nitrogen and oxygen atoms in total. The average Bonchev–Trinajstić information content (AvgIpc) is 3.13. The van der Waals surface area contributed by atoms with Gasteiger partial charge in [0.15, 0.2) is 0 Å². The minimum absolute atomic E-state index is 0. The van der Waals surface area contributed by atoms with E-state index in [1.54, 1.807) is 0 Å². The van der Waals surface area contributed by atoms with Gasteiger partial charge < -0.3 is 16.0 Å². The molecule has 1 fully saturated rings. The Morgan fingerprint density at radius 3 is 2.67 bits per heavy atom. The summed E-state index contributed by atoms with van der Waals surface area (Å²) in [6.45, 7) is 2.58. The predicted octanol–water partition coefficient (Wildman–Crippen LogP) is 3.04. The van der Waals surface area contributed by atoms with E-state index in [1.165, 1.54) is 0 Å². The van der Waals surface area contributed by atoms with Crippen molar-refractivity contribution in [2.45, 2.75) is 51.0 Å². The Balaban J connectivity index is 0.00000144. The second-order valence-electron chi connectivity index (χ2n) is 6.39. The maximum absolute atomic E-state index is 12.2. The number of aromatic nitrogens is 2. The van der Waals surface area contributed by atoms with Crippen molar-refractivity contribution in [1.29, 1.82) is 0 Å². The van der Waals surface area contributed by atoms with Gasteiger partial charge in [-0.2, -0.15) is 0 Å². The molecule has 7 heteroatoms. The van der Waals surface area contributed by atoms with E-state index >= 15 is 0 Å². The smallest absolute Gasteiger partial charge is 0.220 e. The van der Waals surface area contributed by atoms with E-state index < -0.39 is 0 Å². The van der Waals surface area contributed by atoms with Crippen LogP contribution in [0.4, 0.5) is 0 Å². The first-order chi connectivity index (χ1) is 10.6. The van der Waals surface area contributed by atoms with Crippen LogP contribution < -0.4 is 11.1 Å². The third kappa shape index (κ3) is 4.41. The Hall–Kier alpha value is -1.30. The van der Waals surface area contributed by atoms with Crippen molar-refractivity contribution < 1.29 is 4.79 Å². The maximum Gasteiger partial charge on any atom is 0.220 e. The van der Waals surface area contributed by atoms with Gasteiger partial charge in [-0.05, 0) is 31.4 Å². The molecule has 1 aromatic heterocycles. The Kier molecular flexibility index (Phi) is 7.52. The lowest BCUT2D eigenvalue weighted by atomic mass is 9.97. The van der Waals surface area contributed by atoms with Gasteiger partial charge in [-0.3, -0.25) is 4.79 Å². The summed E-state index contributed by atoms with van der Waals surface area (Å²) in [5.74, 6) is 0.942. The minimum atomic E-state index is -0.165. The summed E-state index contributed by atoms with van der Waals surface area (Å²) in [5, 5.41) is 3.15. The van der Waals surface area contributed by atoms with E-state index in [-0.39, 0.29) is 36.3 Å². The number of amides is 1. The molecule has 1 aromatic carbocycles. The largest absolute Gasteiger partial charge is 0.349 e. The molecule has 1 aliphatic carbocycles. The van der Waals surface area contributed by atoms with Crippen molar-refractivity contribution in [2.24, 2.45) is 5.73 Å². The molecule has 4 N–H and O–H groups in total. The molecule has 1 amide bonds. The minimum Gasteiger partial charge on any atom is -0.349 e. The van der Waals surface area contributed by atoms with Crippen LogP contribution in [0.1, 0.15) is 43.5 Å². The predicted molar refractivity (Wildman–Crippen MR) is 102 cm³/mol. The summed E-state index contributed by atoms with van der Waals surface area (Å²) in [5.41, 5.74) is 8.87. The number of carbonyl (C=O) groups excluding carboxylic acids is 1. The molecular formula is C17H26Cl2N4O. The molecule has 3 rings (SSSR count). The first-order valence-electron chi connectivity index (χ1n) is 8.07. The maximum atomic E-state index is 12.2. The number of hydrogen-bond acceptors (Lipinski definition) is 3. The van der Waals surface area contributed by atoms with Crippen LogP contribution in [0.25, 0.3) is 11.0 Å². The number of imidazole rings is 1. The average molecular weight is 373 g/mol. The molecule has 1 heterocycles. The van der Waals surface area contributed by atoms with Crippen LogP contribution >= 0.6 is 24.8 Å². The second kappa shape index (κ2) is 8.70. The van der Waals surface area contributed by atoms with Crippen LogP contribution in [0.3, 0.4) is 0 Å². The molecule has 0 radical (unpaired) electrons. The third-order valence-corrected chi connectivity index (χ3v) is 4.71. The lowest BCUT2D eigenvalue weighted by molar-refractivity contribution is -0.122. The number of rotatable bonds is 5. The van der Waals surface area contributed by atoms with Gasteiger partial charge in [-0.15, -0.1) is 24.8 Å². The summed E-state index contributed by atoms with van der Waals surface area (Å²) in [7, 11) is 0. The molecule has 2 aromatic rings. The number of benzene rings is 1. The van der Waals surface area contributed by atoms with Crippen LogP contribution in [-0.4, -0.2) is 28.0 Å². The molecule has 0 spiro atoms. The highest BCUT2D eigenvalue weighted by atomic mass is 35.5. The van der Waals surface area contributed by atoms with Gasteiger partial charge in [0.25, 0.3) is 0 Å². The lowest BCUT2D eigenvalue weighted by Crippen LogP contribution is -2.51. The van der Waals surface area contributed by atoms with Crippen LogP contribution in [0.2, 0.25) is 0 Å². The van der Waals surface area contributed by atoms with E-state index in [9.17, 15) is 4.79 Å². The third-order valence-electron chi connectivity index (χ3n) is 4.71. The SMILES string of the molecule is Cc1cccc2[nH]c(CCC(=O)NC3(CN)CCCC3)nc12.Cl.Cl. The van der Waals surface area contributed by atoms with Crippen LogP contribution in [0, 0.1) is 6.92 Å². The number of nitrogens with one attached hydrogen (secondary N) is 2. The zero-order chi connectivity index (χ0) is 15.6. The fourth-order valence-corrected chi connectivity index (χ4v) is 3.37. The molecule has 0 saturated heterocycles. The van der Waals surface area contributed by atoms with Crippen molar-refractivity contribution >= 4 is 41.8 Å². The van der Waals surface area contributed by atoms with Gasteiger partial charge in [0.05, 0.1) is 16.6 Å². The normalized spacial score (nSPS) is 15.6. The van der Waals surface area contributed by atoms with E-state index in [4.69, 9.17) is 5.73 Å². The van der Waals surface area contributed by atoms with Gasteiger partial charge >= 0.3 is 0 Å². The molecule has 1 aliphatic rings. The molecular weight excluding hydrogens is 347 g/mol. The highest BCUT2D eigenvalue weighted by Crippen LogP contribution is 2.28. The number of para-hydroxylation sites is 1. The Labute approximate surface area is 155 Å². The molecule has 0 aliphatic heterocycles. The van der Waals surface area contributed by atoms with Gasteiger partial charge in [0.1, 0.15) is 5.82 Å². The first kappa shape index (κ1) is 20.7. The Morgan fingerprint density at radius 1 is 1.33 bits per heavy atom. The summed E-state index contributed by atoms with van der Waals surface area (Å²) >= 11 is 0. The molecule has 0 bridgehead atoms. The van der Waals surface area contributed by atoms with Gasteiger partial charge in [-0.1, -0.05) is 25.0 Å². The summed E-state index contributed by atoms with van der Waals surface area (Å²) in [6.07, 6.45) is 5.38. The summed E-state index contributed by atoms with van der Waals surface area (Å²) < 4.78 is 0. The van der Waals surface area contributed by atoms with Gasteiger partial charge in [-0.25, -0.2) is 4.98 Å². The highest BCUT2D eigenvalue weighted by molar-refractivity contribution is 5.85. The van der Waals surface area contributed by atoms with Crippen molar-refractivity contribution in [3.8, 4) is 0 Å². The van der Waals surface area contributed by atoms with Crippen LogP contribution in [0.5, 0.6) is 0 Å². The zero-order valence-corrected chi connectivity index (χ0v) is 15.6. The number of hydrogen-bond donors (Lipinski definition) is 3. The van der Waals surface area contributed by atoms with E-state index in [2.05, 4.69) is 15.3 Å². The van der Waals surface area contributed by atoms with Crippen molar-refractivity contribution in [3.63, 3.8) is 0 Å². The number of nitrogens with two attached hydrogens (primary N) is 1. The number of aryl methyl sites for hydroxylation is 2. The highest BCUT2D eigenvalue weighted by Gasteiger charge is 2.33. The van der Waals surface area contributed by atoms with E-state index in [0.717, 1.165) is 48.1 Å². The van der Waals surface area contributed by atoms with Crippen LogP contribution in [-0.2, 0) is 11.2 Å². The van der Waals surface area contributed by atoms with Crippen molar-refractivity contribution in [3.05, 3.63) is 29.6 Å². The lowest BCUT2D eigenvalue weighted by Gasteiger charge is -2.28. The summed E-state index contributed by atoms with van der Waals surface area (Å²) in [4.78, 5) is 20.1. The molecule has 0 atom stereocenters. The number of nitrogens with zero attached hydrogens (tertiary/aromatic N) is 1. The monoisotopic (exact) mass is 372 g/mol. The number of H-pyrrole nitrogens is 1. The Bertz CT molecular complexity index is 680. The van der Waals surface area contributed by atoms with Gasteiger partial charge in [0, 0.05) is 19.4 Å². The quantitative estimate of drug-likeness (QED) is 0.753. The molecule has 24 heavy (non-hydrogen) atoms. The fraction of sp³-hybridized carbons (Fsp3) is 0.529. The van der Waals surface area contributed by atoms with Crippen molar-refractivity contribution in [1.82, 2.24) is 15.3 Å². The first-order valence-corrected chi connectivity index (χ1v) is 8.07. The standard InChI is InChI=1S/C17H24N4O.2ClH/c1-12-5-4-6-13-16(12)20-14(19-13)7-8-15(22)21-17(11-18)9-2-3-10-17;;/h4-6H,2-3,7-11,18H2,1H3,(H,19,20)(H,21,22);2*1H. The summed E-state index contributed by atoms with van der Waals surface area (Å²) in [6, 6.07) is 6.07. The topological polar surface area (TPSA) is 83.8 Å². The molecule has 0 unspecified atom stereocenters. The zero-order valence-electron chi connectivity index (χ0n) is 13.9. The van der Waals surface area contributed by atoms with Crippen LogP contribution in [0.15, 0.2) is 18.2 Å². The molecule has 1 saturated carbocycles. The number of carbonyl (C=O) groups is 1. The van der Waals surface area contributed by atoms with E-state index in [0.29, 0.717) is 19.4 Å². The number of halogens is 2. The van der Waals surface area contributed by atoms with Crippen molar-refractivity contribution in [2.75, 3.05) is 6.54 Å². The molecule has 134 valence electrons. The second-order valence-corrected chi connectivity index (χ2v) is 6.39.